The van der Waals surface area contributed by atoms with Crippen molar-refractivity contribution >= 4 is 11.4 Å². The third kappa shape index (κ3) is 4.11. The summed E-state index contributed by atoms with van der Waals surface area (Å²) in [4.78, 5) is 0. The minimum Gasteiger partial charge on any atom is -0.397 e. The van der Waals surface area contributed by atoms with Crippen LogP contribution in [-0.2, 0) is 4.74 Å². The topological polar surface area (TPSA) is 47.3 Å². The van der Waals surface area contributed by atoms with E-state index in [4.69, 9.17) is 10.5 Å². The van der Waals surface area contributed by atoms with Crippen LogP contribution < -0.4 is 11.1 Å². The summed E-state index contributed by atoms with van der Waals surface area (Å²) in [5.41, 5.74) is 8.87. The smallest absolute Gasteiger partial charge is 0.0639 e. The van der Waals surface area contributed by atoms with Crippen molar-refractivity contribution in [2.45, 2.75) is 20.8 Å². The molecule has 16 heavy (non-hydrogen) atoms. The standard InChI is InChI=1S/C13H22N2O/c1-10(2)9-16-8-7-15-13-11(3)5-4-6-12(13)14/h4-6,10,15H,7-9,14H2,1-3H3. The van der Waals surface area contributed by atoms with Gasteiger partial charge in [0.25, 0.3) is 0 Å². The fraction of sp³-hybridized carbons (Fsp3) is 0.538. The quantitative estimate of drug-likeness (QED) is 0.574. The molecule has 0 spiro atoms. The van der Waals surface area contributed by atoms with Crippen molar-refractivity contribution in [1.82, 2.24) is 0 Å². The monoisotopic (exact) mass is 222 g/mol. The first-order valence-electron chi connectivity index (χ1n) is 5.78. The molecule has 90 valence electrons. The normalized spacial score (nSPS) is 10.8. The lowest BCUT2D eigenvalue weighted by Crippen LogP contribution is -2.13. The maximum Gasteiger partial charge on any atom is 0.0639 e. The van der Waals surface area contributed by atoms with Crippen LogP contribution in [0.3, 0.4) is 0 Å². The Hall–Kier alpha value is -1.22. The van der Waals surface area contributed by atoms with Crippen LogP contribution >= 0.6 is 0 Å². The number of nitrogens with two attached hydrogens (primary N) is 1. The van der Waals surface area contributed by atoms with Crippen LogP contribution in [0.25, 0.3) is 0 Å². The number of nitrogen functional groups attached to an aromatic ring is 1. The molecule has 0 aliphatic heterocycles. The maximum absolute atomic E-state index is 5.88. The summed E-state index contributed by atoms with van der Waals surface area (Å²) in [6, 6.07) is 5.92. The molecule has 0 radical (unpaired) electrons. The van der Waals surface area contributed by atoms with Crippen LogP contribution in [0, 0.1) is 12.8 Å². The summed E-state index contributed by atoms with van der Waals surface area (Å²) in [6.07, 6.45) is 0. The summed E-state index contributed by atoms with van der Waals surface area (Å²) in [7, 11) is 0. The Balaban J connectivity index is 2.32. The number of ether oxygens (including phenoxy) is 1. The minimum atomic E-state index is 0.587. The zero-order valence-electron chi connectivity index (χ0n) is 10.4. The molecule has 0 unspecified atom stereocenters. The van der Waals surface area contributed by atoms with Crippen LogP contribution in [0.1, 0.15) is 19.4 Å². The highest BCUT2D eigenvalue weighted by molar-refractivity contribution is 5.69. The average molecular weight is 222 g/mol. The molecule has 0 aliphatic carbocycles. The predicted octanol–water partition coefficient (Wildman–Crippen LogP) is 2.66. The Labute approximate surface area is 98.0 Å². The third-order valence-electron chi connectivity index (χ3n) is 2.30. The molecule has 0 fully saturated rings. The highest BCUT2D eigenvalue weighted by atomic mass is 16.5. The van der Waals surface area contributed by atoms with Gasteiger partial charge in [-0.3, -0.25) is 0 Å². The van der Waals surface area contributed by atoms with Crippen LogP contribution in [0.2, 0.25) is 0 Å². The maximum atomic E-state index is 5.88. The molecule has 0 aromatic heterocycles. The number of para-hydroxylation sites is 1. The number of hydrogen-bond donors (Lipinski definition) is 2. The van der Waals surface area contributed by atoms with Crippen molar-refractivity contribution in [1.29, 1.82) is 0 Å². The highest BCUT2D eigenvalue weighted by Gasteiger charge is 2.01. The van der Waals surface area contributed by atoms with Crippen molar-refractivity contribution in [2.24, 2.45) is 5.92 Å². The van der Waals surface area contributed by atoms with Crippen LogP contribution in [0.4, 0.5) is 11.4 Å². The van der Waals surface area contributed by atoms with Gasteiger partial charge < -0.3 is 15.8 Å². The van der Waals surface area contributed by atoms with Crippen molar-refractivity contribution in [3.8, 4) is 0 Å². The minimum absolute atomic E-state index is 0.587. The van der Waals surface area contributed by atoms with E-state index in [1.807, 2.05) is 25.1 Å². The SMILES string of the molecule is Cc1cccc(N)c1NCCOCC(C)C. The summed E-state index contributed by atoms with van der Waals surface area (Å²) in [5, 5.41) is 3.30. The van der Waals surface area contributed by atoms with Crippen LogP contribution in [-0.4, -0.2) is 19.8 Å². The Morgan fingerprint density at radius 2 is 2.12 bits per heavy atom. The number of aryl methyl sites for hydroxylation is 1. The van der Waals surface area contributed by atoms with E-state index in [2.05, 4.69) is 19.2 Å². The Kier molecular flexibility index (Phi) is 5.12. The molecule has 0 bridgehead atoms. The first-order valence-corrected chi connectivity index (χ1v) is 5.78. The van der Waals surface area contributed by atoms with Gasteiger partial charge in [0.15, 0.2) is 0 Å². The third-order valence-corrected chi connectivity index (χ3v) is 2.30. The molecule has 3 N–H and O–H groups in total. The second-order valence-electron chi connectivity index (χ2n) is 4.43. The zero-order chi connectivity index (χ0) is 12.0. The van der Waals surface area contributed by atoms with E-state index in [0.717, 1.165) is 24.5 Å². The van der Waals surface area contributed by atoms with Gasteiger partial charge in [0.2, 0.25) is 0 Å². The molecule has 1 rings (SSSR count). The second-order valence-corrected chi connectivity index (χ2v) is 4.43. The number of anilines is 2. The Morgan fingerprint density at radius 3 is 2.75 bits per heavy atom. The molecule has 0 saturated carbocycles. The molecule has 1 aromatic carbocycles. The van der Waals surface area contributed by atoms with E-state index in [1.54, 1.807) is 0 Å². The van der Waals surface area contributed by atoms with E-state index in [1.165, 1.54) is 5.56 Å². The Bertz CT molecular complexity index is 303. The highest BCUT2D eigenvalue weighted by Crippen LogP contribution is 2.21. The second kappa shape index (κ2) is 6.38. The van der Waals surface area contributed by atoms with Gasteiger partial charge >= 0.3 is 0 Å². The van der Waals surface area contributed by atoms with Crippen molar-refractivity contribution < 1.29 is 4.74 Å². The van der Waals surface area contributed by atoms with Gasteiger partial charge in [0.05, 0.1) is 18.0 Å². The number of nitrogens with one attached hydrogen (secondary N) is 1. The molecular formula is C13H22N2O. The predicted molar refractivity (Wildman–Crippen MR) is 69.7 cm³/mol. The molecule has 1 aromatic rings. The first-order chi connectivity index (χ1) is 7.61. The van der Waals surface area contributed by atoms with Crippen molar-refractivity contribution in [3.63, 3.8) is 0 Å². The van der Waals surface area contributed by atoms with Gasteiger partial charge in [0.1, 0.15) is 0 Å². The molecule has 3 nitrogen and oxygen atoms in total. The number of hydrogen-bond acceptors (Lipinski definition) is 3. The lowest BCUT2D eigenvalue weighted by Gasteiger charge is -2.12. The van der Waals surface area contributed by atoms with Gasteiger partial charge in [-0.1, -0.05) is 26.0 Å². The van der Waals surface area contributed by atoms with Gasteiger partial charge in [-0.25, -0.2) is 0 Å². The molecule has 0 amide bonds. The first kappa shape index (κ1) is 12.8. The zero-order valence-corrected chi connectivity index (χ0v) is 10.4. The van der Waals surface area contributed by atoms with Gasteiger partial charge in [-0.2, -0.15) is 0 Å². The number of rotatable bonds is 6. The average Bonchev–Trinajstić information content (AvgIpc) is 2.21. The van der Waals surface area contributed by atoms with Gasteiger partial charge in [-0.15, -0.1) is 0 Å². The lowest BCUT2D eigenvalue weighted by molar-refractivity contribution is 0.118. The molecular weight excluding hydrogens is 200 g/mol. The van der Waals surface area contributed by atoms with E-state index in [0.29, 0.717) is 12.5 Å². The van der Waals surface area contributed by atoms with Crippen LogP contribution in [0.15, 0.2) is 18.2 Å². The molecule has 0 atom stereocenters. The summed E-state index contributed by atoms with van der Waals surface area (Å²) in [5.74, 6) is 0.587. The van der Waals surface area contributed by atoms with E-state index in [-0.39, 0.29) is 0 Å². The summed E-state index contributed by atoms with van der Waals surface area (Å²) >= 11 is 0. The fourth-order valence-corrected chi connectivity index (χ4v) is 1.50. The summed E-state index contributed by atoms with van der Waals surface area (Å²) in [6.45, 7) is 8.66. The molecule has 0 heterocycles. The van der Waals surface area contributed by atoms with Gasteiger partial charge in [-0.05, 0) is 24.5 Å². The van der Waals surface area contributed by atoms with Crippen molar-refractivity contribution in [3.05, 3.63) is 23.8 Å². The molecule has 0 aliphatic rings. The Morgan fingerprint density at radius 1 is 1.38 bits per heavy atom. The molecule has 3 heteroatoms. The van der Waals surface area contributed by atoms with Crippen molar-refractivity contribution in [2.75, 3.05) is 30.8 Å². The largest absolute Gasteiger partial charge is 0.397 e. The lowest BCUT2D eigenvalue weighted by atomic mass is 10.1. The van der Waals surface area contributed by atoms with Crippen LogP contribution in [0.5, 0.6) is 0 Å². The van der Waals surface area contributed by atoms with E-state index < -0.39 is 0 Å². The number of benzene rings is 1. The van der Waals surface area contributed by atoms with Gasteiger partial charge in [0, 0.05) is 13.2 Å². The molecule has 0 saturated heterocycles. The van der Waals surface area contributed by atoms with E-state index in [9.17, 15) is 0 Å². The van der Waals surface area contributed by atoms with E-state index >= 15 is 0 Å². The fourth-order valence-electron chi connectivity index (χ4n) is 1.50. The summed E-state index contributed by atoms with van der Waals surface area (Å²) < 4.78 is 5.49.